The predicted molar refractivity (Wildman–Crippen MR) is 222 cm³/mol. The van der Waals surface area contributed by atoms with Crippen molar-refractivity contribution in [3.8, 4) is 11.5 Å². The number of para-hydroxylation sites is 2. The second-order valence-electron chi connectivity index (χ2n) is 14.9. The Morgan fingerprint density at radius 1 is 0.385 bits per heavy atom. The van der Waals surface area contributed by atoms with Gasteiger partial charge in [-0.1, -0.05) is 217 Å². The van der Waals surface area contributed by atoms with Crippen molar-refractivity contribution in [3.63, 3.8) is 0 Å². The molecule has 0 unspecified atom stereocenters. The normalized spacial score (nSPS) is 11.3. The summed E-state index contributed by atoms with van der Waals surface area (Å²) < 4.78 is 36.1. The third-order valence-corrected chi connectivity index (χ3v) is 10.8. The molecule has 6 heteroatoms. The van der Waals surface area contributed by atoms with Crippen molar-refractivity contribution >= 4 is 8.25 Å². The first kappa shape index (κ1) is 46.2. The molecule has 0 spiro atoms. The van der Waals surface area contributed by atoms with E-state index in [1.165, 1.54) is 167 Å². The highest BCUT2D eigenvalue weighted by molar-refractivity contribution is 7.33. The molecular weight excluding hydrogens is 663 g/mol. The minimum Gasteiger partial charge on any atom is -0.493 e. The van der Waals surface area contributed by atoms with Gasteiger partial charge in [-0.05, 0) is 25.0 Å². The molecule has 0 saturated carbocycles. The van der Waals surface area contributed by atoms with E-state index < -0.39 is 8.25 Å². The SMILES string of the molecule is CCCCCCCCCCCCCCCCOc1ccccc1CO[P+](=O)OCc1ccccc1OCCCCCCCCCCCCCCCC. The van der Waals surface area contributed by atoms with E-state index in [0.717, 1.165) is 35.5 Å². The van der Waals surface area contributed by atoms with Crippen LogP contribution in [0.2, 0.25) is 0 Å². The lowest BCUT2D eigenvalue weighted by Gasteiger charge is -2.10. The third-order valence-electron chi connectivity index (χ3n) is 10.1. The van der Waals surface area contributed by atoms with Gasteiger partial charge in [-0.25, -0.2) is 0 Å². The van der Waals surface area contributed by atoms with Crippen LogP contribution in [0.25, 0.3) is 0 Å². The van der Waals surface area contributed by atoms with E-state index >= 15 is 0 Å². The number of rotatable bonds is 38. The summed E-state index contributed by atoms with van der Waals surface area (Å²) in [5, 5.41) is 0. The van der Waals surface area contributed by atoms with Gasteiger partial charge < -0.3 is 9.47 Å². The Hall–Kier alpha value is -1.94. The molecule has 0 heterocycles. The topological polar surface area (TPSA) is 54.0 Å². The molecule has 0 aliphatic heterocycles. The average Bonchev–Trinajstić information content (AvgIpc) is 3.17. The monoisotopic (exact) mass is 742 g/mol. The highest BCUT2D eigenvalue weighted by Crippen LogP contribution is 2.31. The minimum atomic E-state index is -2.28. The lowest BCUT2D eigenvalue weighted by molar-refractivity contribution is 0.206. The summed E-state index contributed by atoms with van der Waals surface area (Å²) in [7, 11) is -2.28. The Morgan fingerprint density at radius 2 is 0.654 bits per heavy atom. The maximum Gasteiger partial charge on any atom is 0.698 e. The van der Waals surface area contributed by atoms with Crippen LogP contribution in [-0.2, 0) is 26.8 Å². The molecular formula is C46H78O5P+. The molecule has 0 radical (unpaired) electrons. The molecule has 0 bridgehead atoms. The fraction of sp³-hybridized carbons (Fsp3) is 0.739. The van der Waals surface area contributed by atoms with Gasteiger partial charge in [-0.2, -0.15) is 0 Å². The van der Waals surface area contributed by atoms with Crippen LogP contribution in [0.4, 0.5) is 0 Å². The lowest BCUT2D eigenvalue weighted by atomic mass is 10.0. The number of ether oxygens (including phenoxy) is 2. The zero-order valence-electron chi connectivity index (χ0n) is 33.7. The molecule has 296 valence electrons. The second kappa shape index (κ2) is 34.8. The molecule has 0 atom stereocenters. The Morgan fingerprint density at radius 3 is 0.962 bits per heavy atom. The van der Waals surface area contributed by atoms with Crippen molar-refractivity contribution in [2.24, 2.45) is 0 Å². The molecule has 2 aromatic carbocycles. The van der Waals surface area contributed by atoms with Gasteiger partial charge in [0.25, 0.3) is 0 Å². The van der Waals surface area contributed by atoms with E-state index in [0.29, 0.717) is 13.2 Å². The van der Waals surface area contributed by atoms with E-state index in [1.54, 1.807) is 0 Å². The number of hydrogen-bond donors (Lipinski definition) is 0. The van der Waals surface area contributed by atoms with E-state index in [2.05, 4.69) is 13.8 Å². The van der Waals surface area contributed by atoms with Crippen molar-refractivity contribution < 1.29 is 23.1 Å². The smallest absolute Gasteiger partial charge is 0.493 e. The van der Waals surface area contributed by atoms with E-state index in [-0.39, 0.29) is 13.2 Å². The highest BCUT2D eigenvalue weighted by atomic mass is 31.1. The minimum absolute atomic E-state index is 0.182. The molecule has 0 amide bonds. The van der Waals surface area contributed by atoms with Gasteiger partial charge in [-0.3, -0.25) is 0 Å². The Bertz CT molecular complexity index is 1010. The molecule has 0 aromatic heterocycles. The van der Waals surface area contributed by atoms with Crippen LogP contribution in [0.15, 0.2) is 48.5 Å². The Balaban J connectivity index is 1.50. The fourth-order valence-electron chi connectivity index (χ4n) is 6.77. The van der Waals surface area contributed by atoms with Crippen LogP contribution in [0.3, 0.4) is 0 Å². The fourth-order valence-corrected chi connectivity index (χ4v) is 7.33. The summed E-state index contributed by atoms with van der Waals surface area (Å²) in [4.78, 5) is 0. The molecule has 0 N–H and O–H groups in total. The molecule has 0 fully saturated rings. The first-order chi connectivity index (χ1) is 25.7. The van der Waals surface area contributed by atoms with Crippen LogP contribution < -0.4 is 9.47 Å². The zero-order chi connectivity index (χ0) is 37.0. The summed E-state index contributed by atoms with van der Waals surface area (Å²) in [6.07, 6.45) is 37.6. The molecule has 0 aliphatic carbocycles. The predicted octanol–water partition coefficient (Wildman–Crippen LogP) is 15.8. The summed E-state index contributed by atoms with van der Waals surface area (Å²) in [6.45, 7) is 6.31. The summed E-state index contributed by atoms with van der Waals surface area (Å²) >= 11 is 0. The van der Waals surface area contributed by atoms with Crippen molar-refractivity contribution in [2.45, 2.75) is 207 Å². The van der Waals surface area contributed by atoms with E-state index in [1.807, 2.05) is 48.5 Å². The van der Waals surface area contributed by atoms with Gasteiger partial charge in [0.2, 0.25) is 0 Å². The molecule has 2 aromatic rings. The van der Waals surface area contributed by atoms with E-state index in [4.69, 9.17) is 18.5 Å². The number of unbranched alkanes of at least 4 members (excludes halogenated alkanes) is 26. The lowest BCUT2D eigenvalue weighted by Crippen LogP contribution is -2.01. The number of benzene rings is 2. The average molecular weight is 742 g/mol. The summed E-state index contributed by atoms with van der Waals surface area (Å²) in [6, 6.07) is 15.7. The molecule has 5 nitrogen and oxygen atoms in total. The van der Waals surface area contributed by atoms with Gasteiger partial charge in [0.05, 0.1) is 13.2 Å². The van der Waals surface area contributed by atoms with Crippen molar-refractivity contribution in [2.75, 3.05) is 13.2 Å². The van der Waals surface area contributed by atoms with Crippen LogP contribution in [0.5, 0.6) is 11.5 Å². The summed E-state index contributed by atoms with van der Waals surface area (Å²) in [5.74, 6) is 1.59. The molecule has 0 saturated heterocycles. The van der Waals surface area contributed by atoms with Gasteiger partial charge in [0, 0.05) is 15.7 Å². The van der Waals surface area contributed by atoms with Gasteiger partial charge >= 0.3 is 8.25 Å². The Kier molecular flexibility index (Phi) is 30.9. The van der Waals surface area contributed by atoms with Gasteiger partial charge in [0.1, 0.15) is 24.7 Å². The first-order valence-electron chi connectivity index (χ1n) is 21.9. The van der Waals surface area contributed by atoms with Crippen molar-refractivity contribution in [1.29, 1.82) is 0 Å². The van der Waals surface area contributed by atoms with Crippen molar-refractivity contribution in [3.05, 3.63) is 59.7 Å². The van der Waals surface area contributed by atoms with Gasteiger partial charge in [0.15, 0.2) is 0 Å². The van der Waals surface area contributed by atoms with Crippen LogP contribution >= 0.6 is 8.25 Å². The van der Waals surface area contributed by atoms with Gasteiger partial charge in [-0.15, -0.1) is 9.05 Å². The number of hydrogen-bond acceptors (Lipinski definition) is 5. The third kappa shape index (κ3) is 25.9. The highest BCUT2D eigenvalue weighted by Gasteiger charge is 2.22. The largest absolute Gasteiger partial charge is 0.698 e. The van der Waals surface area contributed by atoms with Crippen LogP contribution in [0.1, 0.15) is 205 Å². The second-order valence-corrected chi connectivity index (χ2v) is 15.8. The van der Waals surface area contributed by atoms with E-state index in [9.17, 15) is 4.57 Å². The first-order valence-corrected chi connectivity index (χ1v) is 23.0. The zero-order valence-corrected chi connectivity index (χ0v) is 34.6. The standard InChI is InChI=1S/C46H78O5P/c1-3-5-7-9-11-13-15-17-19-21-23-25-27-33-39-48-45-37-31-29-35-43(45)41-50-52(47)51-42-44-36-30-32-38-46(44)49-40-34-28-26-24-22-20-18-16-14-12-10-8-6-4-2/h29-32,35-38H,3-28,33-34,39-42H2,1-2H3/q+1. The molecule has 52 heavy (non-hydrogen) atoms. The maximum absolute atomic E-state index is 12.6. The molecule has 2 rings (SSSR count). The molecule has 0 aliphatic rings. The van der Waals surface area contributed by atoms with Crippen LogP contribution in [0, 0.1) is 0 Å². The summed E-state index contributed by atoms with van der Waals surface area (Å²) in [5.41, 5.74) is 1.77. The van der Waals surface area contributed by atoms with Crippen LogP contribution in [-0.4, -0.2) is 13.2 Å². The quantitative estimate of drug-likeness (QED) is 0.0507. The Labute approximate surface area is 321 Å². The maximum atomic E-state index is 12.6. The van der Waals surface area contributed by atoms with Crippen molar-refractivity contribution in [1.82, 2.24) is 0 Å².